The van der Waals surface area contributed by atoms with Crippen molar-refractivity contribution in [3.8, 4) is 17.2 Å². The van der Waals surface area contributed by atoms with E-state index in [9.17, 15) is 27.7 Å². The molecule has 2 atom stereocenters. The van der Waals surface area contributed by atoms with E-state index in [4.69, 9.17) is 9.47 Å². The van der Waals surface area contributed by atoms with Gasteiger partial charge >= 0.3 is 0 Å². The maximum Gasteiger partial charge on any atom is 0.297 e. The lowest BCUT2D eigenvalue weighted by atomic mass is 9.59. The van der Waals surface area contributed by atoms with Crippen molar-refractivity contribution in [3.05, 3.63) is 106 Å². The van der Waals surface area contributed by atoms with Gasteiger partial charge in [-0.25, -0.2) is 22.5 Å². The third-order valence-corrected chi connectivity index (χ3v) is 16.6. The number of carbonyl (C=O) groups excluding carboxylic acids is 1. The minimum Gasteiger partial charge on any atom is -0.489 e. The number of rotatable bonds is 11. The van der Waals surface area contributed by atoms with Gasteiger partial charge in [-0.15, -0.1) is 0 Å². The number of amides is 1. The Balaban J connectivity index is 0.865. The molecule has 16 heteroatoms. The second-order valence-corrected chi connectivity index (χ2v) is 21.5. The van der Waals surface area contributed by atoms with Gasteiger partial charge in [0.05, 0.1) is 33.0 Å². The van der Waals surface area contributed by atoms with Gasteiger partial charge < -0.3 is 24.7 Å². The van der Waals surface area contributed by atoms with Crippen molar-refractivity contribution in [2.45, 2.75) is 114 Å². The van der Waals surface area contributed by atoms with Crippen LogP contribution in [-0.4, -0.2) is 72.4 Å². The quantitative estimate of drug-likeness (QED) is 0.0850. The second-order valence-electron chi connectivity index (χ2n) is 19.8. The maximum atomic E-state index is 14.7. The molecule has 4 fully saturated rings. The Labute approximate surface area is 384 Å². The van der Waals surface area contributed by atoms with Gasteiger partial charge in [-0.2, -0.15) is 0 Å². The normalized spacial score (nSPS) is 23.3. The number of hydrogen-bond acceptors (Lipinski definition) is 11. The number of nitro benzene ring substituents is 1. The van der Waals surface area contributed by atoms with Crippen LogP contribution in [-0.2, 0) is 10.0 Å². The number of hydrogen-bond donors (Lipinski definition) is 3. The van der Waals surface area contributed by atoms with E-state index >= 15 is 0 Å². The molecule has 2 saturated heterocycles. The summed E-state index contributed by atoms with van der Waals surface area (Å²) < 4.78 is 57.0. The molecule has 1 spiro atoms. The topological polar surface area (TPSA) is 172 Å². The first kappa shape index (κ1) is 44.1. The minimum absolute atomic E-state index is 0.0269. The van der Waals surface area contributed by atoms with Gasteiger partial charge in [0.25, 0.3) is 21.6 Å². The summed E-state index contributed by atoms with van der Waals surface area (Å²) >= 11 is 0. The first-order valence-corrected chi connectivity index (χ1v) is 25.1. The Morgan fingerprint density at radius 1 is 1.03 bits per heavy atom. The highest BCUT2D eigenvalue weighted by Crippen LogP contribution is 2.54. The molecule has 14 nitrogen and oxygen atoms in total. The summed E-state index contributed by atoms with van der Waals surface area (Å²) in [4.78, 5) is 37.4. The molecule has 1 amide bonds. The predicted octanol–water partition coefficient (Wildman–Crippen LogP) is 10.2. The van der Waals surface area contributed by atoms with E-state index in [0.717, 1.165) is 69.9 Å². The molecule has 66 heavy (non-hydrogen) atoms. The lowest BCUT2D eigenvalue weighted by Crippen LogP contribution is -2.54. The number of H-pyrrole nitrogens is 1. The summed E-state index contributed by atoms with van der Waals surface area (Å²) in [7, 11) is -4.68. The van der Waals surface area contributed by atoms with E-state index in [1.165, 1.54) is 67.4 Å². The number of ether oxygens (including phenoxy) is 2. The van der Waals surface area contributed by atoms with Crippen LogP contribution in [0.15, 0.2) is 78.0 Å². The summed E-state index contributed by atoms with van der Waals surface area (Å²) in [6, 6.07) is 18.4. The van der Waals surface area contributed by atoms with Gasteiger partial charge in [0, 0.05) is 55.3 Å². The first-order chi connectivity index (χ1) is 31.7. The molecule has 3 N–H and O–H groups in total. The molecule has 2 aromatic heterocycles. The highest BCUT2D eigenvalue weighted by atomic mass is 32.2. The fraction of sp³-hybridized carbons (Fsp3) is 0.480. The van der Waals surface area contributed by atoms with E-state index in [0.29, 0.717) is 29.6 Å². The number of pyridine rings is 1. The summed E-state index contributed by atoms with van der Waals surface area (Å²) in [6.07, 6.45) is 13.4. The van der Waals surface area contributed by atoms with Crippen LogP contribution in [0.3, 0.4) is 0 Å². The van der Waals surface area contributed by atoms with Crippen LogP contribution >= 0.6 is 0 Å². The van der Waals surface area contributed by atoms with E-state index in [2.05, 4.69) is 74.8 Å². The molecular formula is C50H58FN7O7S. The summed E-state index contributed by atoms with van der Waals surface area (Å²) in [6.45, 7) is 9.72. The molecule has 5 aliphatic rings. The third kappa shape index (κ3) is 8.46. The lowest BCUT2D eigenvalue weighted by molar-refractivity contribution is -0.384. The number of aromatic amines is 1. The van der Waals surface area contributed by atoms with Crippen LogP contribution in [0.4, 0.5) is 21.5 Å². The van der Waals surface area contributed by atoms with Crippen molar-refractivity contribution in [1.29, 1.82) is 0 Å². The number of aromatic nitrogens is 2. The average molecular weight is 920 g/mol. The van der Waals surface area contributed by atoms with Gasteiger partial charge in [-0.3, -0.25) is 19.8 Å². The molecule has 5 aromatic rings. The van der Waals surface area contributed by atoms with Crippen molar-refractivity contribution in [2.24, 2.45) is 17.3 Å². The van der Waals surface area contributed by atoms with Crippen LogP contribution in [0.1, 0.15) is 118 Å². The lowest BCUT2D eigenvalue weighted by Gasteiger charge is -2.56. The number of benzene rings is 3. The Morgan fingerprint density at radius 3 is 2.56 bits per heavy atom. The number of nitrogens with zero attached hydrogens (tertiary/aromatic N) is 4. The summed E-state index contributed by atoms with van der Waals surface area (Å²) in [5.74, 6) is 0.0386. The zero-order valence-electron chi connectivity index (χ0n) is 37.7. The van der Waals surface area contributed by atoms with Gasteiger partial charge in [0.1, 0.15) is 29.6 Å². The maximum absolute atomic E-state index is 14.7. The largest absolute Gasteiger partial charge is 0.489 e. The predicted molar refractivity (Wildman–Crippen MR) is 250 cm³/mol. The highest BCUT2D eigenvalue weighted by Gasteiger charge is 2.50. The van der Waals surface area contributed by atoms with E-state index in [1.807, 2.05) is 0 Å². The fourth-order valence-corrected chi connectivity index (χ4v) is 12.6. The number of likely N-dealkylation sites (tertiary alicyclic amines) is 1. The van der Waals surface area contributed by atoms with Crippen LogP contribution in [0, 0.1) is 33.2 Å². The molecule has 0 radical (unpaired) electrons. The van der Waals surface area contributed by atoms with Crippen LogP contribution in [0.2, 0.25) is 0 Å². The van der Waals surface area contributed by atoms with E-state index in [1.54, 1.807) is 12.1 Å². The second kappa shape index (κ2) is 17.5. The number of fused-ring (bicyclic) bond motifs is 2. The highest BCUT2D eigenvalue weighted by molar-refractivity contribution is 7.90. The third-order valence-electron chi connectivity index (χ3n) is 15.3. The van der Waals surface area contributed by atoms with Crippen LogP contribution in [0.25, 0.3) is 11.0 Å². The minimum atomic E-state index is -4.68. The van der Waals surface area contributed by atoms with Gasteiger partial charge in [0.2, 0.25) is 0 Å². The zero-order valence-corrected chi connectivity index (χ0v) is 38.5. The standard InChI is InChI=1S/C50H58FN7O7S/c1-30(2)37-7-4-5-8-38(37)43-9-6-18-57(43)34-25-50(26-34)16-19-56(20-17-50)33-14-15-39(45(21-33)65-35-22-40-41(51)28-53-48(40)52-27-35)49(59)55-66(62,63)36-23-44(58(60)61)47-46(24-36)64-29-42(54-47)32-12-10-31(3)11-13-32/h4-5,7-8,14-15,21-24,27-28,30-32,34,42-43,54H,6,9-13,16-20,25-26,29H2,1-3H3,(H,52,53)(H,55,59)/t31?,32?,42-,43+/m0/s1. The smallest absolute Gasteiger partial charge is 0.297 e. The Bertz CT molecular complexity index is 2770. The molecule has 5 heterocycles. The number of nitro groups is 1. The average Bonchev–Trinajstić information content (AvgIpc) is 3.94. The SMILES string of the molecule is CC1CCC([C@@H]2COc3cc(S(=O)(=O)NC(=O)c4ccc(N5CCC6(CC5)CC(N5CCC[C@@H]5c5ccccc5C(C)C)C6)cc4Oc4cnc5[nH]cc(F)c5c4)cc([N+](=O)[O-])c3N2)CC1. The molecule has 10 rings (SSSR count). The number of carbonyl (C=O) groups is 1. The summed E-state index contributed by atoms with van der Waals surface area (Å²) in [5.41, 5.74) is 3.86. The van der Waals surface area contributed by atoms with Gasteiger partial charge in [-0.1, -0.05) is 57.9 Å². The van der Waals surface area contributed by atoms with Gasteiger partial charge in [0.15, 0.2) is 11.4 Å². The number of nitrogens with one attached hydrogen (secondary N) is 3. The van der Waals surface area contributed by atoms with Crippen LogP contribution < -0.4 is 24.4 Å². The Kier molecular flexibility index (Phi) is 11.7. The monoisotopic (exact) mass is 919 g/mol. The molecule has 0 unspecified atom stereocenters. The van der Waals surface area contributed by atoms with E-state index in [-0.39, 0.29) is 57.9 Å². The zero-order chi connectivity index (χ0) is 45.9. The Morgan fingerprint density at radius 2 is 1.80 bits per heavy atom. The van der Waals surface area contributed by atoms with Crippen molar-refractivity contribution in [3.63, 3.8) is 0 Å². The van der Waals surface area contributed by atoms with Crippen LogP contribution in [0.5, 0.6) is 17.2 Å². The molecule has 348 valence electrons. The van der Waals surface area contributed by atoms with Crippen molar-refractivity contribution >= 4 is 44.0 Å². The molecule has 2 saturated carbocycles. The van der Waals surface area contributed by atoms with E-state index < -0.39 is 37.3 Å². The molecule has 3 aliphatic heterocycles. The number of anilines is 2. The molecule has 0 bridgehead atoms. The molecule has 3 aromatic carbocycles. The van der Waals surface area contributed by atoms with Crippen molar-refractivity contribution in [2.75, 3.05) is 36.5 Å². The fourth-order valence-electron chi connectivity index (χ4n) is 11.6. The van der Waals surface area contributed by atoms with Crippen molar-refractivity contribution < 1.29 is 32.0 Å². The molecule has 2 aliphatic carbocycles. The molecular weight excluding hydrogens is 862 g/mol. The summed E-state index contributed by atoms with van der Waals surface area (Å²) in [5, 5.41) is 15.9. The number of halogens is 1. The van der Waals surface area contributed by atoms with Gasteiger partial charge in [-0.05, 0) is 110 Å². The number of sulfonamides is 1. The number of piperidine rings is 1. The first-order valence-electron chi connectivity index (χ1n) is 23.6. The Hall–Kier alpha value is -5.74. The van der Waals surface area contributed by atoms with Crippen molar-refractivity contribution in [1.82, 2.24) is 19.6 Å².